The van der Waals surface area contributed by atoms with Gasteiger partial charge >= 0.3 is 6.09 Å². The van der Waals surface area contributed by atoms with Crippen molar-refractivity contribution in [2.24, 2.45) is 11.7 Å². The quantitative estimate of drug-likeness (QED) is 0.534. The number of rotatable bonds is 0. The molecule has 1 amide bonds. The Bertz CT molecular complexity index is 161. The van der Waals surface area contributed by atoms with Crippen LogP contribution < -0.4 is 5.73 Å². The van der Waals surface area contributed by atoms with E-state index in [0.29, 0.717) is 19.0 Å². The van der Waals surface area contributed by atoms with Crippen LogP contribution in [0.3, 0.4) is 0 Å². The predicted molar refractivity (Wildman–Crippen MR) is 41.4 cm³/mol. The molecule has 1 fully saturated rings. The molecule has 1 aliphatic heterocycles. The molecule has 1 saturated heterocycles. The summed E-state index contributed by atoms with van der Waals surface area (Å²) in [5.74, 6) is 0.292. The van der Waals surface area contributed by atoms with Gasteiger partial charge < -0.3 is 15.7 Å². The normalized spacial score (nSPS) is 32.0. The first kappa shape index (κ1) is 8.33. The highest BCUT2D eigenvalue weighted by Gasteiger charge is 2.25. The molecular formula is C7H14N2O2. The number of nitrogens with two attached hydrogens (primary N) is 1. The predicted octanol–water partition coefficient (Wildman–Crippen LogP) is 0.334. The largest absolute Gasteiger partial charge is 0.465 e. The number of amides is 1. The summed E-state index contributed by atoms with van der Waals surface area (Å²) in [6.45, 7) is 3.15. The Morgan fingerprint density at radius 1 is 1.73 bits per heavy atom. The topological polar surface area (TPSA) is 66.6 Å². The number of nitrogens with zero attached hydrogens (tertiary/aromatic N) is 1. The van der Waals surface area contributed by atoms with Gasteiger partial charge in [0.15, 0.2) is 0 Å². The van der Waals surface area contributed by atoms with Crippen molar-refractivity contribution in [1.82, 2.24) is 4.90 Å². The zero-order chi connectivity index (χ0) is 8.43. The summed E-state index contributed by atoms with van der Waals surface area (Å²) in [5.41, 5.74) is 5.72. The molecule has 1 heterocycles. The maximum absolute atomic E-state index is 10.5. The van der Waals surface area contributed by atoms with E-state index in [2.05, 4.69) is 0 Å². The summed E-state index contributed by atoms with van der Waals surface area (Å²) in [6, 6.07) is 0.172. The summed E-state index contributed by atoms with van der Waals surface area (Å²) in [7, 11) is 0. The average Bonchev–Trinajstić information content (AvgIpc) is 1.94. The van der Waals surface area contributed by atoms with Crippen molar-refractivity contribution < 1.29 is 9.90 Å². The van der Waals surface area contributed by atoms with E-state index in [9.17, 15) is 4.79 Å². The first-order valence-electron chi connectivity index (χ1n) is 3.84. The molecule has 4 heteroatoms. The number of carboxylic acid groups (broad SMARTS) is 1. The summed E-state index contributed by atoms with van der Waals surface area (Å²) < 4.78 is 0. The zero-order valence-electron chi connectivity index (χ0n) is 6.66. The van der Waals surface area contributed by atoms with E-state index in [1.807, 2.05) is 6.92 Å². The van der Waals surface area contributed by atoms with Crippen LogP contribution >= 0.6 is 0 Å². The maximum atomic E-state index is 10.5. The number of piperidine rings is 1. The second-order valence-corrected chi connectivity index (χ2v) is 3.16. The molecule has 2 atom stereocenters. The third kappa shape index (κ3) is 1.83. The number of likely N-dealkylation sites (tertiary alicyclic amines) is 1. The van der Waals surface area contributed by atoms with Gasteiger partial charge in [0.05, 0.1) is 0 Å². The Labute approximate surface area is 66.0 Å². The maximum Gasteiger partial charge on any atom is 0.407 e. The number of carbonyl (C=O) groups is 1. The summed E-state index contributed by atoms with van der Waals surface area (Å²) in [4.78, 5) is 11.9. The van der Waals surface area contributed by atoms with Crippen LogP contribution in [0.5, 0.6) is 0 Å². The van der Waals surface area contributed by atoms with Gasteiger partial charge in [-0.2, -0.15) is 0 Å². The first-order chi connectivity index (χ1) is 5.11. The molecule has 1 aliphatic rings. The molecule has 3 N–H and O–H groups in total. The molecule has 0 unspecified atom stereocenters. The van der Waals surface area contributed by atoms with Crippen LogP contribution in [0, 0.1) is 5.92 Å². The van der Waals surface area contributed by atoms with Crippen LogP contribution in [-0.4, -0.2) is 35.2 Å². The molecule has 0 aromatic heterocycles. The standard InChI is InChI=1S/C7H14N2O2/c1-5-4-9(7(10)11)3-2-6(5)8/h5-6H,2-4,8H2,1H3,(H,10,11)/t5-,6+/m0/s1. The summed E-state index contributed by atoms with van der Waals surface area (Å²) in [6.07, 6.45) is -0.0447. The van der Waals surface area contributed by atoms with E-state index < -0.39 is 6.09 Å². The molecule has 0 spiro atoms. The first-order valence-corrected chi connectivity index (χ1v) is 3.84. The lowest BCUT2D eigenvalue weighted by Crippen LogP contribution is -2.47. The van der Waals surface area contributed by atoms with Crippen molar-refractivity contribution in [2.45, 2.75) is 19.4 Å². The fourth-order valence-corrected chi connectivity index (χ4v) is 1.34. The van der Waals surface area contributed by atoms with Crippen LogP contribution in [0.15, 0.2) is 0 Å². The molecule has 0 bridgehead atoms. The van der Waals surface area contributed by atoms with E-state index in [4.69, 9.17) is 10.8 Å². The van der Waals surface area contributed by atoms with Crippen molar-refractivity contribution in [2.75, 3.05) is 13.1 Å². The molecule has 0 aromatic carbocycles. The third-order valence-electron chi connectivity index (χ3n) is 2.24. The van der Waals surface area contributed by atoms with Crippen LogP contribution in [0.25, 0.3) is 0 Å². The number of hydrogen-bond acceptors (Lipinski definition) is 2. The van der Waals surface area contributed by atoms with Crippen molar-refractivity contribution >= 4 is 6.09 Å². The fraction of sp³-hybridized carbons (Fsp3) is 0.857. The van der Waals surface area contributed by atoms with E-state index in [1.165, 1.54) is 4.90 Å². The van der Waals surface area contributed by atoms with Gasteiger partial charge in [-0.25, -0.2) is 4.79 Å². The number of hydrogen-bond donors (Lipinski definition) is 2. The highest BCUT2D eigenvalue weighted by atomic mass is 16.4. The Balaban J connectivity index is 2.46. The van der Waals surface area contributed by atoms with Gasteiger partial charge in [-0.1, -0.05) is 6.92 Å². The van der Waals surface area contributed by atoms with Gasteiger partial charge in [0.1, 0.15) is 0 Å². The van der Waals surface area contributed by atoms with Crippen molar-refractivity contribution in [3.8, 4) is 0 Å². The molecule has 0 saturated carbocycles. The summed E-state index contributed by atoms with van der Waals surface area (Å²) in [5, 5.41) is 8.63. The summed E-state index contributed by atoms with van der Waals surface area (Å²) >= 11 is 0. The molecule has 11 heavy (non-hydrogen) atoms. The van der Waals surface area contributed by atoms with Crippen molar-refractivity contribution in [3.05, 3.63) is 0 Å². The van der Waals surface area contributed by atoms with Crippen LogP contribution in [0.4, 0.5) is 4.79 Å². The lowest BCUT2D eigenvalue weighted by atomic mass is 9.95. The fourth-order valence-electron chi connectivity index (χ4n) is 1.34. The third-order valence-corrected chi connectivity index (χ3v) is 2.24. The van der Waals surface area contributed by atoms with Gasteiger partial charge in [-0.15, -0.1) is 0 Å². The Kier molecular flexibility index (Phi) is 2.34. The van der Waals surface area contributed by atoms with E-state index in [1.54, 1.807) is 0 Å². The lowest BCUT2D eigenvalue weighted by molar-refractivity contribution is 0.117. The van der Waals surface area contributed by atoms with Crippen molar-refractivity contribution in [1.29, 1.82) is 0 Å². The molecule has 0 radical (unpaired) electrons. The minimum absolute atomic E-state index is 0.172. The Morgan fingerprint density at radius 3 is 2.82 bits per heavy atom. The highest BCUT2D eigenvalue weighted by Crippen LogP contribution is 2.14. The van der Waals surface area contributed by atoms with E-state index in [-0.39, 0.29) is 6.04 Å². The van der Waals surface area contributed by atoms with Crippen molar-refractivity contribution in [3.63, 3.8) is 0 Å². The Morgan fingerprint density at radius 2 is 2.36 bits per heavy atom. The van der Waals surface area contributed by atoms with Gasteiger partial charge in [0.25, 0.3) is 0 Å². The SMILES string of the molecule is C[C@H]1CN(C(=O)O)CC[C@H]1N. The molecule has 1 rings (SSSR count). The second-order valence-electron chi connectivity index (χ2n) is 3.16. The lowest BCUT2D eigenvalue weighted by Gasteiger charge is -2.33. The van der Waals surface area contributed by atoms with Crippen LogP contribution in [0.1, 0.15) is 13.3 Å². The van der Waals surface area contributed by atoms with Gasteiger partial charge in [-0.05, 0) is 12.3 Å². The highest BCUT2D eigenvalue weighted by molar-refractivity contribution is 5.65. The molecule has 0 aliphatic carbocycles. The van der Waals surface area contributed by atoms with Gasteiger partial charge in [0.2, 0.25) is 0 Å². The zero-order valence-corrected chi connectivity index (χ0v) is 6.66. The Hall–Kier alpha value is -0.770. The molecule has 4 nitrogen and oxygen atoms in total. The second kappa shape index (κ2) is 3.09. The van der Waals surface area contributed by atoms with Gasteiger partial charge in [0, 0.05) is 19.1 Å². The molecular weight excluding hydrogens is 144 g/mol. The van der Waals surface area contributed by atoms with Crippen LogP contribution in [-0.2, 0) is 0 Å². The molecule has 0 aromatic rings. The van der Waals surface area contributed by atoms with Gasteiger partial charge in [-0.3, -0.25) is 0 Å². The monoisotopic (exact) mass is 158 g/mol. The van der Waals surface area contributed by atoms with E-state index >= 15 is 0 Å². The molecule has 64 valence electrons. The van der Waals surface area contributed by atoms with E-state index in [0.717, 1.165) is 6.42 Å². The minimum Gasteiger partial charge on any atom is -0.465 e. The average molecular weight is 158 g/mol. The minimum atomic E-state index is -0.830. The van der Waals surface area contributed by atoms with Crippen LogP contribution in [0.2, 0.25) is 0 Å². The smallest absolute Gasteiger partial charge is 0.407 e.